The van der Waals surface area contributed by atoms with Crippen molar-refractivity contribution in [1.29, 1.82) is 0 Å². The molecule has 1 aliphatic carbocycles. The lowest BCUT2D eigenvalue weighted by Crippen LogP contribution is -2.15. The number of rotatable bonds is 7. The van der Waals surface area contributed by atoms with E-state index in [1.807, 2.05) is 29.7 Å². The minimum Gasteiger partial charge on any atom is -0.309 e. The summed E-state index contributed by atoms with van der Waals surface area (Å²) in [6.45, 7) is 3.20. The van der Waals surface area contributed by atoms with Gasteiger partial charge in [0.2, 0.25) is 0 Å². The summed E-state index contributed by atoms with van der Waals surface area (Å²) in [5.74, 6) is 0. The van der Waals surface area contributed by atoms with Crippen LogP contribution in [0.1, 0.15) is 47.5 Å². The number of pyridine rings is 1. The van der Waals surface area contributed by atoms with Crippen molar-refractivity contribution >= 4 is 11.3 Å². The van der Waals surface area contributed by atoms with Gasteiger partial charge in [-0.2, -0.15) is 0 Å². The molecule has 1 aliphatic rings. The molecular weight excluding hydrogens is 266 g/mol. The van der Waals surface area contributed by atoms with Crippen LogP contribution in [-0.4, -0.2) is 16.0 Å². The summed E-state index contributed by atoms with van der Waals surface area (Å²) in [6, 6.07) is 6.83. The van der Waals surface area contributed by atoms with Crippen molar-refractivity contribution in [2.45, 2.75) is 51.6 Å². The Morgan fingerprint density at radius 2 is 2.25 bits per heavy atom. The molecule has 3 rings (SSSR count). The lowest BCUT2D eigenvalue weighted by Gasteiger charge is -2.01. The van der Waals surface area contributed by atoms with Crippen molar-refractivity contribution in [3.63, 3.8) is 0 Å². The van der Waals surface area contributed by atoms with E-state index in [1.165, 1.54) is 28.4 Å². The second-order valence-electron chi connectivity index (χ2n) is 5.38. The molecule has 0 aromatic carbocycles. The van der Waals surface area contributed by atoms with Crippen molar-refractivity contribution in [1.82, 2.24) is 15.3 Å². The largest absolute Gasteiger partial charge is 0.309 e. The van der Waals surface area contributed by atoms with Crippen LogP contribution in [0.5, 0.6) is 0 Å². The first-order chi connectivity index (χ1) is 9.85. The maximum Gasteiger partial charge on any atom is 0.0991 e. The van der Waals surface area contributed by atoms with Gasteiger partial charge in [0.05, 0.1) is 10.7 Å². The van der Waals surface area contributed by atoms with E-state index in [0.717, 1.165) is 37.5 Å². The van der Waals surface area contributed by atoms with E-state index in [4.69, 9.17) is 4.98 Å². The summed E-state index contributed by atoms with van der Waals surface area (Å²) in [4.78, 5) is 10.6. The molecule has 0 saturated heterocycles. The number of aromatic nitrogens is 2. The average Bonchev–Trinajstić information content (AvgIpc) is 3.22. The molecule has 1 N–H and O–H groups in total. The summed E-state index contributed by atoms with van der Waals surface area (Å²) < 4.78 is 0. The third kappa shape index (κ3) is 3.64. The first-order valence-corrected chi connectivity index (χ1v) is 8.27. The predicted molar refractivity (Wildman–Crippen MR) is 83.0 cm³/mol. The van der Waals surface area contributed by atoms with Crippen molar-refractivity contribution in [3.05, 3.63) is 45.7 Å². The highest BCUT2D eigenvalue weighted by Crippen LogP contribution is 2.24. The summed E-state index contributed by atoms with van der Waals surface area (Å²) in [7, 11) is 0. The molecule has 2 aromatic rings. The second kappa shape index (κ2) is 6.46. The van der Waals surface area contributed by atoms with Gasteiger partial charge >= 0.3 is 0 Å². The highest BCUT2D eigenvalue weighted by molar-refractivity contribution is 7.11. The molecule has 3 nitrogen and oxygen atoms in total. The van der Waals surface area contributed by atoms with Crippen molar-refractivity contribution in [2.24, 2.45) is 0 Å². The standard InChI is InChI=1S/C16H21N3S/c1-2-5-14-15(11-18-12-7-8-12)20-16(19-14)10-13-6-3-4-9-17-13/h3-4,6,9,12,18H,2,5,7-8,10-11H2,1H3. The van der Waals surface area contributed by atoms with Crippen LogP contribution in [0.3, 0.4) is 0 Å². The predicted octanol–water partition coefficient (Wildman–Crippen LogP) is 3.33. The molecule has 0 unspecified atom stereocenters. The molecule has 106 valence electrons. The van der Waals surface area contributed by atoms with Crippen LogP contribution in [0.2, 0.25) is 0 Å². The zero-order valence-electron chi connectivity index (χ0n) is 11.9. The third-order valence-electron chi connectivity index (χ3n) is 3.50. The van der Waals surface area contributed by atoms with Crippen molar-refractivity contribution in [2.75, 3.05) is 0 Å². The molecule has 2 aromatic heterocycles. The fourth-order valence-corrected chi connectivity index (χ4v) is 3.35. The molecule has 0 aliphatic heterocycles. The van der Waals surface area contributed by atoms with Crippen LogP contribution in [0.25, 0.3) is 0 Å². The van der Waals surface area contributed by atoms with Gasteiger partial charge < -0.3 is 5.32 Å². The normalized spacial score (nSPS) is 14.7. The van der Waals surface area contributed by atoms with Crippen LogP contribution in [0.15, 0.2) is 24.4 Å². The molecule has 1 saturated carbocycles. The molecule has 0 amide bonds. The third-order valence-corrected chi connectivity index (χ3v) is 4.59. The first kappa shape index (κ1) is 13.7. The van der Waals surface area contributed by atoms with Crippen LogP contribution in [0.4, 0.5) is 0 Å². The van der Waals surface area contributed by atoms with E-state index < -0.39 is 0 Å². The topological polar surface area (TPSA) is 37.8 Å². The Labute approximate surface area is 124 Å². The van der Waals surface area contributed by atoms with Crippen LogP contribution < -0.4 is 5.32 Å². The van der Waals surface area contributed by atoms with Gasteiger partial charge in [0.25, 0.3) is 0 Å². The van der Waals surface area contributed by atoms with Gasteiger partial charge in [-0.25, -0.2) is 4.98 Å². The monoisotopic (exact) mass is 287 g/mol. The zero-order valence-corrected chi connectivity index (χ0v) is 12.7. The molecule has 0 atom stereocenters. The summed E-state index contributed by atoms with van der Waals surface area (Å²) in [5, 5.41) is 4.80. The minimum absolute atomic E-state index is 0.755. The van der Waals surface area contributed by atoms with Gasteiger partial charge in [0, 0.05) is 35.8 Å². The number of nitrogens with zero attached hydrogens (tertiary/aromatic N) is 2. The van der Waals surface area contributed by atoms with Gasteiger partial charge in [-0.05, 0) is 31.4 Å². The second-order valence-corrected chi connectivity index (χ2v) is 6.55. The number of aryl methyl sites for hydroxylation is 1. The van der Waals surface area contributed by atoms with E-state index in [-0.39, 0.29) is 0 Å². The molecule has 2 heterocycles. The van der Waals surface area contributed by atoms with E-state index in [2.05, 4.69) is 23.3 Å². The Kier molecular flexibility index (Phi) is 4.43. The minimum atomic E-state index is 0.755. The number of hydrogen-bond acceptors (Lipinski definition) is 4. The Hall–Kier alpha value is -1.26. The van der Waals surface area contributed by atoms with E-state index in [0.29, 0.717) is 0 Å². The Morgan fingerprint density at radius 3 is 2.95 bits per heavy atom. The lowest BCUT2D eigenvalue weighted by molar-refractivity contribution is 0.686. The van der Waals surface area contributed by atoms with Gasteiger partial charge in [0.15, 0.2) is 0 Å². The summed E-state index contributed by atoms with van der Waals surface area (Å²) in [5.41, 5.74) is 2.39. The van der Waals surface area contributed by atoms with Crippen LogP contribution in [0, 0.1) is 0 Å². The van der Waals surface area contributed by atoms with Gasteiger partial charge in [-0.15, -0.1) is 11.3 Å². The van der Waals surface area contributed by atoms with E-state index in [1.54, 1.807) is 0 Å². The number of hydrogen-bond donors (Lipinski definition) is 1. The SMILES string of the molecule is CCCc1nc(Cc2ccccn2)sc1CNC1CC1. The molecule has 0 bridgehead atoms. The summed E-state index contributed by atoms with van der Waals surface area (Å²) in [6.07, 6.45) is 7.62. The Morgan fingerprint density at radius 1 is 1.35 bits per heavy atom. The van der Waals surface area contributed by atoms with Crippen LogP contribution >= 0.6 is 11.3 Å². The zero-order chi connectivity index (χ0) is 13.8. The Bertz CT molecular complexity index is 546. The maximum absolute atomic E-state index is 4.83. The molecular formula is C16H21N3S. The van der Waals surface area contributed by atoms with Gasteiger partial charge in [0.1, 0.15) is 0 Å². The number of nitrogens with one attached hydrogen (secondary N) is 1. The van der Waals surface area contributed by atoms with E-state index in [9.17, 15) is 0 Å². The quantitative estimate of drug-likeness (QED) is 0.849. The van der Waals surface area contributed by atoms with Crippen LogP contribution in [-0.2, 0) is 19.4 Å². The average molecular weight is 287 g/mol. The summed E-state index contributed by atoms with van der Waals surface area (Å²) >= 11 is 1.85. The van der Waals surface area contributed by atoms with Gasteiger partial charge in [-0.3, -0.25) is 4.98 Å². The fourth-order valence-electron chi connectivity index (χ4n) is 2.26. The van der Waals surface area contributed by atoms with Crippen molar-refractivity contribution in [3.8, 4) is 0 Å². The van der Waals surface area contributed by atoms with Crippen molar-refractivity contribution < 1.29 is 0 Å². The van der Waals surface area contributed by atoms with Gasteiger partial charge in [-0.1, -0.05) is 19.4 Å². The van der Waals surface area contributed by atoms with E-state index >= 15 is 0 Å². The maximum atomic E-state index is 4.83. The molecule has 0 radical (unpaired) electrons. The Balaban J connectivity index is 1.71. The smallest absolute Gasteiger partial charge is 0.0991 e. The highest BCUT2D eigenvalue weighted by Gasteiger charge is 2.21. The highest BCUT2D eigenvalue weighted by atomic mass is 32.1. The lowest BCUT2D eigenvalue weighted by atomic mass is 10.2. The molecule has 20 heavy (non-hydrogen) atoms. The molecule has 0 spiro atoms. The fraction of sp³-hybridized carbons (Fsp3) is 0.500. The first-order valence-electron chi connectivity index (χ1n) is 7.46. The molecule has 4 heteroatoms. The number of thiazole rings is 1. The molecule has 1 fully saturated rings.